The number of nitrogens with one attached hydrogen (secondary N) is 1. The zero-order valence-corrected chi connectivity index (χ0v) is 11.4. The topological polar surface area (TPSA) is 90.6 Å². The number of carbonyl (C=O) groups excluding carboxylic acids is 2. The lowest BCUT2D eigenvalue weighted by Crippen LogP contribution is -2.39. The van der Waals surface area contributed by atoms with E-state index >= 15 is 0 Å². The Kier molecular flexibility index (Phi) is 5.75. The smallest absolute Gasteiger partial charge is 0.339 e. The van der Waals surface area contributed by atoms with E-state index in [0.717, 1.165) is 0 Å². The highest BCUT2D eigenvalue weighted by Gasteiger charge is 2.18. The molecule has 0 saturated heterocycles. The lowest BCUT2D eigenvalue weighted by atomic mass is 10.1. The number of benzene rings is 1. The number of nitrogens with two attached hydrogens (primary N) is 1. The standard InChI is InChI=1S/C12H15ClN2O4/c1-18-6-9(14)11(16)15-10-5-7(13)3-4-8(10)12(17)19-2/h3-5,9H,6,14H2,1-2H3,(H,15,16). The normalized spacial score (nSPS) is 11.8. The van der Waals surface area contributed by atoms with Gasteiger partial charge in [-0.3, -0.25) is 4.79 Å². The first-order valence-electron chi connectivity index (χ1n) is 5.42. The number of rotatable bonds is 5. The van der Waals surface area contributed by atoms with Crippen molar-refractivity contribution in [3.05, 3.63) is 28.8 Å². The van der Waals surface area contributed by atoms with Crippen LogP contribution in [0, 0.1) is 0 Å². The number of esters is 1. The van der Waals surface area contributed by atoms with Crippen LogP contribution < -0.4 is 11.1 Å². The van der Waals surface area contributed by atoms with Crippen molar-refractivity contribution in [3.8, 4) is 0 Å². The Morgan fingerprint density at radius 2 is 2.11 bits per heavy atom. The summed E-state index contributed by atoms with van der Waals surface area (Å²) in [5.41, 5.74) is 6.03. The number of methoxy groups -OCH3 is 2. The number of amides is 1. The monoisotopic (exact) mass is 286 g/mol. The molecule has 0 saturated carbocycles. The quantitative estimate of drug-likeness (QED) is 0.789. The Balaban J connectivity index is 2.96. The van der Waals surface area contributed by atoms with Crippen LogP contribution in [-0.2, 0) is 14.3 Å². The largest absolute Gasteiger partial charge is 0.465 e. The molecule has 1 aromatic rings. The maximum atomic E-state index is 11.8. The second-order valence-electron chi connectivity index (χ2n) is 3.73. The van der Waals surface area contributed by atoms with Crippen LogP contribution in [0.15, 0.2) is 18.2 Å². The van der Waals surface area contributed by atoms with E-state index in [2.05, 4.69) is 10.1 Å². The first kappa shape index (κ1) is 15.4. The molecule has 19 heavy (non-hydrogen) atoms. The molecule has 0 aliphatic carbocycles. The number of anilines is 1. The van der Waals surface area contributed by atoms with E-state index in [0.29, 0.717) is 5.02 Å². The summed E-state index contributed by atoms with van der Waals surface area (Å²) in [6.45, 7) is 0.0694. The molecule has 3 N–H and O–H groups in total. The minimum atomic E-state index is -0.838. The van der Waals surface area contributed by atoms with Crippen LogP contribution in [0.1, 0.15) is 10.4 Å². The first-order chi connectivity index (χ1) is 8.99. The van der Waals surface area contributed by atoms with Crippen molar-refractivity contribution in [2.45, 2.75) is 6.04 Å². The highest BCUT2D eigenvalue weighted by Crippen LogP contribution is 2.22. The summed E-state index contributed by atoms with van der Waals surface area (Å²) >= 11 is 5.83. The van der Waals surface area contributed by atoms with Crippen LogP contribution in [0.5, 0.6) is 0 Å². The average Bonchev–Trinajstić information content (AvgIpc) is 2.38. The van der Waals surface area contributed by atoms with Gasteiger partial charge in [0.25, 0.3) is 0 Å². The van der Waals surface area contributed by atoms with Gasteiger partial charge < -0.3 is 20.5 Å². The molecule has 104 valence electrons. The zero-order chi connectivity index (χ0) is 14.4. The molecule has 0 spiro atoms. The van der Waals surface area contributed by atoms with Crippen molar-refractivity contribution in [2.24, 2.45) is 5.73 Å². The van der Waals surface area contributed by atoms with Gasteiger partial charge in [-0.25, -0.2) is 4.79 Å². The van der Waals surface area contributed by atoms with Crippen LogP contribution in [0.2, 0.25) is 5.02 Å². The highest BCUT2D eigenvalue weighted by molar-refractivity contribution is 6.31. The van der Waals surface area contributed by atoms with Crippen LogP contribution >= 0.6 is 11.6 Å². The van der Waals surface area contributed by atoms with E-state index in [1.54, 1.807) is 0 Å². The van der Waals surface area contributed by atoms with E-state index in [1.165, 1.54) is 32.4 Å². The van der Waals surface area contributed by atoms with Crippen molar-refractivity contribution in [2.75, 3.05) is 26.1 Å². The summed E-state index contributed by atoms with van der Waals surface area (Å²) in [7, 11) is 2.69. The van der Waals surface area contributed by atoms with Crippen LogP contribution in [0.4, 0.5) is 5.69 Å². The predicted molar refractivity (Wildman–Crippen MR) is 71.3 cm³/mol. The van der Waals surface area contributed by atoms with Gasteiger partial charge >= 0.3 is 5.97 Å². The Hall–Kier alpha value is -1.63. The van der Waals surface area contributed by atoms with E-state index in [-0.39, 0.29) is 17.9 Å². The Morgan fingerprint density at radius 3 is 2.68 bits per heavy atom. The summed E-state index contributed by atoms with van der Waals surface area (Å²) in [5.74, 6) is -1.05. The molecule has 0 aliphatic heterocycles. The minimum Gasteiger partial charge on any atom is -0.465 e. The van der Waals surface area contributed by atoms with Gasteiger partial charge in [0.15, 0.2) is 0 Å². The maximum Gasteiger partial charge on any atom is 0.339 e. The fraction of sp³-hybridized carbons (Fsp3) is 0.333. The van der Waals surface area contributed by atoms with Gasteiger partial charge in [0.2, 0.25) is 5.91 Å². The number of hydrogen-bond acceptors (Lipinski definition) is 5. The molecular weight excluding hydrogens is 272 g/mol. The van der Waals surface area contributed by atoms with Crippen molar-refractivity contribution in [1.29, 1.82) is 0 Å². The van der Waals surface area contributed by atoms with Gasteiger partial charge in [-0.05, 0) is 18.2 Å². The van der Waals surface area contributed by atoms with Gasteiger partial charge in [-0.1, -0.05) is 11.6 Å². The second-order valence-corrected chi connectivity index (χ2v) is 4.17. The first-order valence-corrected chi connectivity index (χ1v) is 5.80. The molecular formula is C12H15ClN2O4. The van der Waals surface area contributed by atoms with Crippen LogP contribution in [-0.4, -0.2) is 38.7 Å². The van der Waals surface area contributed by atoms with E-state index in [1.807, 2.05) is 0 Å². The lowest BCUT2D eigenvalue weighted by Gasteiger charge is -2.13. The van der Waals surface area contributed by atoms with Crippen molar-refractivity contribution in [1.82, 2.24) is 0 Å². The van der Waals surface area contributed by atoms with Gasteiger partial charge in [0.1, 0.15) is 6.04 Å². The molecule has 1 unspecified atom stereocenters. The Labute approximate surface area is 115 Å². The minimum absolute atomic E-state index is 0.0694. The molecule has 0 fully saturated rings. The Bertz CT molecular complexity index is 479. The fourth-order valence-electron chi connectivity index (χ4n) is 1.39. The third-order valence-corrected chi connectivity index (χ3v) is 2.56. The lowest BCUT2D eigenvalue weighted by molar-refractivity contribution is -0.118. The molecule has 1 aromatic carbocycles. The van der Waals surface area contributed by atoms with Crippen molar-refractivity contribution < 1.29 is 19.1 Å². The van der Waals surface area contributed by atoms with E-state index in [9.17, 15) is 9.59 Å². The molecule has 0 heterocycles. The third-order valence-electron chi connectivity index (χ3n) is 2.33. The summed E-state index contributed by atoms with van der Waals surface area (Å²) < 4.78 is 9.40. The fourth-order valence-corrected chi connectivity index (χ4v) is 1.56. The number of ether oxygens (including phenoxy) is 2. The van der Waals surface area contributed by atoms with Gasteiger partial charge in [-0.15, -0.1) is 0 Å². The highest BCUT2D eigenvalue weighted by atomic mass is 35.5. The zero-order valence-electron chi connectivity index (χ0n) is 10.6. The number of carbonyl (C=O) groups is 2. The van der Waals surface area contributed by atoms with Crippen LogP contribution in [0.25, 0.3) is 0 Å². The molecule has 6 nitrogen and oxygen atoms in total. The van der Waals surface area contributed by atoms with Gasteiger partial charge in [-0.2, -0.15) is 0 Å². The van der Waals surface area contributed by atoms with E-state index in [4.69, 9.17) is 22.1 Å². The SMILES string of the molecule is COCC(N)C(=O)Nc1cc(Cl)ccc1C(=O)OC. The van der Waals surface area contributed by atoms with Gasteiger partial charge in [0.05, 0.1) is 25.0 Å². The summed E-state index contributed by atoms with van der Waals surface area (Å²) in [4.78, 5) is 23.3. The molecule has 0 radical (unpaired) electrons. The van der Waals surface area contributed by atoms with Crippen molar-refractivity contribution >= 4 is 29.2 Å². The maximum absolute atomic E-state index is 11.8. The molecule has 7 heteroatoms. The third kappa shape index (κ3) is 4.20. The van der Waals surface area contributed by atoms with Gasteiger partial charge in [0, 0.05) is 12.1 Å². The molecule has 0 bridgehead atoms. The summed E-state index contributed by atoms with van der Waals surface area (Å²) in [6, 6.07) is 3.60. The summed E-state index contributed by atoms with van der Waals surface area (Å²) in [5, 5.41) is 2.90. The van der Waals surface area contributed by atoms with Crippen LogP contribution in [0.3, 0.4) is 0 Å². The average molecular weight is 287 g/mol. The molecule has 1 amide bonds. The second kappa shape index (κ2) is 7.08. The molecule has 1 rings (SSSR count). The number of halogens is 1. The molecule has 0 aliphatic rings. The molecule has 1 atom stereocenters. The predicted octanol–water partition coefficient (Wildman–Crippen LogP) is 1.04. The Morgan fingerprint density at radius 1 is 1.42 bits per heavy atom. The van der Waals surface area contributed by atoms with Crippen molar-refractivity contribution in [3.63, 3.8) is 0 Å². The number of hydrogen-bond donors (Lipinski definition) is 2. The summed E-state index contributed by atoms with van der Waals surface area (Å²) in [6.07, 6.45) is 0. The van der Waals surface area contributed by atoms with E-state index < -0.39 is 17.9 Å². The molecule has 0 aromatic heterocycles.